The highest BCUT2D eigenvalue weighted by Crippen LogP contribution is 2.54. The van der Waals surface area contributed by atoms with Gasteiger partial charge in [0.05, 0.1) is 23.7 Å². The van der Waals surface area contributed by atoms with Crippen LogP contribution in [0.2, 0.25) is 0 Å². The lowest BCUT2D eigenvalue weighted by molar-refractivity contribution is -0.122. The van der Waals surface area contributed by atoms with Crippen LogP contribution in [0.4, 0.5) is 11.4 Å². The lowest BCUT2D eigenvalue weighted by atomic mass is 9.82. The van der Waals surface area contributed by atoms with Gasteiger partial charge in [-0.05, 0) is 53.9 Å². The van der Waals surface area contributed by atoms with Gasteiger partial charge in [-0.1, -0.05) is 75.4 Å². The van der Waals surface area contributed by atoms with E-state index in [9.17, 15) is 19.2 Å². The molecule has 1 fully saturated rings. The molecule has 226 valence electrons. The van der Waals surface area contributed by atoms with Crippen molar-refractivity contribution in [2.45, 2.75) is 16.2 Å². The van der Waals surface area contributed by atoms with Crippen LogP contribution >= 0.6 is 39.0 Å². The third kappa shape index (κ3) is 5.32. The van der Waals surface area contributed by atoms with Crippen LogP contribution in [0.15, 0.2) is 99.2 Å². The first kappa shape index (κ1) is 29.3. The molecule has 0 radical (unpaired) electrons. The topological polar surface area (TPSA) is 118 Å². The summed E-state index contributed by atoms with van der Waals surface area (Å²) in [6.07, 6.45) is 0. The van der Waals surface area contributed by atoms with E-state index in [1.54, 1.807) is 43.5 Å². The summed E-state index contributed by atoms with van der Waals surface area (Å²) in [6, 6.07) is 25.5. The van der Waals surface area contributed by atoms with Gasteiger partial charge in [-0.2, -0.15) is 0 Å². The van der Waals surface area contributed by atoms with Crippen LogP contribution in [0.25, 0.3) is 10.8 Å². The number of nitrogens with zero attached hydrogens (tertiary/aromatic N) is 1. The summed E-state index contributed by atoms with van der Waals surface area (Å²) in [7, 11) is 1.54. The van der Waals surface area contributed by atoms with E-state index in [0.29, 0.717) is 42.8 Å². The van der Waals surface area contributed by atoms with Crippen molar-refractivity contribution in [2.24, 2.45) is 5.92 Å². The number of hydrogen-bond donors (Lipinski definition) is 2. The van der Waals surface area contributed by atoms with E-state index in [4.69, 9.17) is 9.47 Å². The monoisotopic (exact) mass is 701 g/mol. The number of ether oxygens (including phenoxy) is 2. The molecule has 0 spiro atoms. The Hall–Kier alpha value is -4.39. The Balaban J connectivity index is 1.22. The number of imide groups is 1. The summed E-state index contributed by atoms with van der Waals surface area (Å²) < 4.78 is 12.1. The van der Waals surface area contributed by atoms with E-state index >= 15 is 0 Å². The molecular formula is C33H24BrN3O6S2. The van der Waals surface area contributed by atoms with E-state index in [0.717, 1.165) is 22.1 Å². The van der Waals surface area contributed by atoms with Crippen LogP contribution < -0.4 is 24.6 Å². The standard InChI is InChI=1S/C33H24BrN3O6S2/c1-42-20-12-10-19(11-13-20)37-31(39)27-26(28-30(36-33(41)45-28)44-29(27)32(37)40)22-15-18(34)9-14-24(22)43-16-25(38)35-23-8-4-6-17-5-2-3-7-21(17)23/h2-15,26-27,29H,16H2,1H3,(H,35,38)(H,36,41)/t26-,27-,29+/m0/s1. The summed E-state index contributed by atoms with van der Waals surface area (Å²) in [5.74, 6) is -1.62. The fourth-order valence-corrected chi connectivity index (χ4v) is 8.78. The van der Waals surface area contributed by atoms with E-state index in [1.165, 1.54) is 16.7 Å². The molecule has 3 amide bonds. The number of carbonyl (C=O) groups is 3. The molecule has 0 aliphatic carbocycles. The first-order chi connectivity index (χ1) is 21.8. The number of aromatic nitrogens is 1. The Morgan fingerprint density at radius 1 is 0.978 bits per heavy atom. The average Bonchev–Trinajstić information content (AvgIpc) is 3.54. The van der Waals surface area contributed by atoms with Gasteiger partial charge in [-0.25, -0.2) is 4.90 Å². The molecule has 2 aliphatic rings. The Morgan fingerprint density at radius 3 is 2.56 bits per heavy atom. The third-order valence-electron chi connectivity index (χ3n) is 7.88. The molecule has 0 bridgehead atoms. The Bertz CT molecular complexity index is 2040. The zero-order valence-electron chi connectivity index (χ0n) is 23.6. The first-order valence-corrected chi connectivity index (χ1v) is 16.4. The summed E-state index contributed by atoms with van der Waals surface area (Å²) in [5, 5.41) is 4.61. The minimum absolute atomic E-state index is 0.281. The van der Waals surface area contributed by atoms with Crippen molar-refractivity contribution in [2.75, 3.05) is 23.9 Å². The van der Waals surface area contributed by atoms with E-state index in [-0.39, 0.29) is 29.2 Å². The van der Waals surface area contributed by atoms with Gasteiger partial charge in [-0.3, -0.25) is 19.2 Å². The number of methoxy groups -OCH3 is 1. The number of H-pyrrole nitrogens is 1. The lowest BCUT2D eigenvalue weighted by Crippen LogP contribution is -2.32. The van der Waals surface area contributed by atoms with Gasteiger partial charge in [0.2, 0.25) is 11.8 Å². The molecule has 12 heteroatoms. The van der Waals surface area contributed by atoms with Gasteiger partial charge in [0.25, 0.3) is 5.91 Å². The number of fused-ring (bicyclic) bond motifs is 3. The maximum atomic E-state index is 14.1. The van der Waals surface area contributed by atoms with Crippen LogP contribution in [-0.2, 0) is 14.4 Å². The van der Waals surface area contributed by atoms with Gasteiger partial charge in [-0.15, -0.1) is 0 Å². The molecule has 1 saturated heterocycles. The summed E-state index contributed by atoms with van der Waals surface area (Å²) in [6.45, 7) is -0.297. The van der Waals surface area contributed by atoms with Crippen LogP contribution in [0.3, 0.4) is 0 Å². The fraction of sp³-hybridized carbons (Fsp3) is 0.152. The van der Waals surface area contributed by atoms with Crippen molar-refractivity contribution in [3.63, 3.8) is 0 Å². The van der Waals surface area contributed by atoms with Crippen molar-refractivity contribution in [1.29, 1.82) is 0 Å². The number of thiazole rings is 1. The number of nitrogens with one attached hydrogen (secondary N) is 2. The molecule has 0 unspecified atom stereocenters. The van der Waals surface area contributed by atoms with Crippen LogP contribution in [0.1, 0.15) is 16.4 Å². The fourth-order valence-electron chi connectivity index (χ4n) is 5.90. The Kier molecular flexibility index (Phi) is 7.72. The number of anilines is 2. The van der Waals surface area contributed by atoms with Gasteiger partial charge >= 0.3 is 4.87 Å². The predicted molar refractivity (Wildman–Crippen MR) is 178 cm³/mol. The number of halogens is 1. The summed E-state index contributed by atoms with van der Waals surface area (Å²) in [4.78, 5) is 58.0. The zero-order chi connectivity index (χ0) is 31.2. The number of aromatic amines is 1. The second-order valence-electron chi connectivity index (χ2n) is 10.5. The van der Waals surface area contributed by atoms with Crippen LogP contribution in [-0.4, -0.2) is 41.7 Å². The van der Waals surface area contributed by atoms with Crippen molar-refractivity contribution in [3.8, 4) is 11.5 Å². The van der Waals surface area contributed by atoms with E-state index in [2.05, 4.69) is 26.2 Å². The van der Waals surface area contributed by atoms with Crippen molar-refractivity contribution >= 4 is 78.9 Å². The molecule has 2 aliphatic heterocycles. The van der Waals surface area contributed by atoms with Crippen molar-refractivity contribution in [1.82, 2.24) is 4.98 Å². The largest absolute Gasteiger partial charge is 0.497 e. The number of benzene rings is 4. The molecule has 7 rings (SSSR count). The van der Waals surface area contributed by atoms with Crippen molar-refractivity contribution < 1.29 is 23.9 Å². The minimum Gasteiger partial charge on any atom is -0.497 e. The zero-order valence-corrected chi connectivity index (χ0v) is 26.8. The molecule has 9 nitrogen and oxygen atoms in total. The van der Waals surface area contributed by atoms with Crippen molar-refractivity contribution in [3.05, 3.63) is 110 Å². The number of thioether (sulfide) groups is 1. The summed E-state index contributed by atoms with van der Waals surface area (Å²) >= 11 is 5.74. The highest BCUT2D eigenvalue weighted by Gasteiger charge is 2.56. The van der Waals surface area contributed by atoms with Gasteiger partial charge in [0.15, 0.2) is 6.61 Å². The lowest BCUT2D eigenvalue weighted by Gasteiger charge is -2.31. The molecule has 2 N–H and O–H groups in total. The molecule has 0 saturated carbocycles. The van der Waals surface area contributed by atoms with E-state index in [1.807, 2.05) is 48.5 Å². The quantitative estimate of drug-likeness (QED) is 0.195. The molecule has 4 aromatic carbocycles. The number of rotatable bonds is 7. The molecule has 1 aromatic heterocycles. The molecular weight excluding hydrogens is 678 g/mol. The SMILES string of the molecule is COc1ccc(N2C(=O)[C@H]3[C@H](c4cc(Br)ccc4OCC(=O)Nc4cccc5ccccc45)c4sc(=O)[nH]c4S[C@H]3C2=O)cc1. The van der Waals surface area contributed by atoms with Gasteiger partial charge in [0, 0.05) is 31.9 Å². The summed E-state index contributed by atoms with van der Waals surface area (Å²) in [5.41, 5.74) is 1.69. The second-order valence-corrected chi connectivity index (χ2v) is 13.6. The highest BCUT2D eigenvalue weighted by molar-refractivity contribution is 9.10. The maximum absolute atomic E-state index is 14.1. The van der Waals surface area contributed by atoms with Gasteiger partial charge in [0.1, 0.15) is 16.7 Å². The molecule has 3 atom stereocenters. The Morgan fingerprint density at radius 2 is 1.76 bits per heavy atom. The number of hydrogen-bond acceptors (Lipinski definition) is 8. The smallest absolute Gasteiger partial charge is 0.305 e. The first-order valence-electron chi connectivity index (χ1n) is 13.9. The van der Waals surface area contributed by atoms with Gasteiger partial charge < -0.3 is 19.8 Å². The molecule has 45 heavy (non-hydrogen) atoms. The highest BCUT2D eigenvalue weighted by atomic mass is 79.9. The predicted octanol–water partition coefficient (Wildman–Crippen LogP) is 6.17. The second kappa shape index (κ2) is 11.8. The normalized spacial score (nSPS) is 18.9. The van der Waals surface area contributed by atoms with E-state index < -0.39 is 17.1 Å². The minimum atomic E-state index is -0.815. The average molecular weight is 703 g/mol. The molecule has 5 aromatic rings. The van der Waals surface area contributed by atoms with Crippen LogP contribution in [0.5, 0.6) is 11.5 Å². The van der Waals surface area contributed by atoms with Crippen LogP contribution in [0, 0.1) is 5.92 Å². The Labute approximate surface area is 273 Å². The maximum Gasteiger partial charge on any atom is 0.305 e. The third-order valence-corrected chi connectivity index (χ3v) is 10.8. The number of carbonyl (C=O) groups excluding carboxylic acids is 3. The molecule has 3 heterocycles. The number of amides is 3.